The highest BCUT2D eigenvalue weighted by Crippen LogP contribution is 2.40. The van der Waals surface area contributed by atoms with E-state index in [1.165, 1.54) is 0 Å². The molecule has 0 saturated carbocycles. The van der Waals surface area contributed by atoms with E-state index in [0.29, 0.717) is 41.8 Å². The fraction of sp³-hybridized carbons (Fsp3) is 0.406. The average Bonchev–Trinajstić information content (AvgIpc) is 3.38. The number of para-hydroxylation sites is 1. The Morgan fingerprint density at radius 3 is 2.43 bits per heavy atom. The molecule has 9 nitrogen and oxygen atoms in total. The molecule has 2 amide bonds. The van der Waals surface area contributed by atoms with Gasteiger partial charge in [-0.25, -0.2) is 4.68 Å². The summed E-state index contributed by atoms with van der Waals surface area (Å²) in [4.78, 5) is 37.3. The van der Waals surface area contributed by atoms with Crippen molar-refractivity contribution in [3.05, 3.63) is 72.3 Å². The monoisotopic (exact) mass is 587 g/mol. The molecule has 4 N–H and O–H groups in total. The Morgan fingerprint density at radius 1 is 1.07 bits per heavy atom. The van der Waals surface area contributed by atoms with Crippen molar-refractivity contribution in [3.63, 3.8) is 0 Å². The Bertz CT molecular complexity index is 1410. The molecular weight excluding hydrogens is 546 g/mol. The molecule has 42 heavy (non-hydrogen) atoms. The number of hydrogen-bond acceptors (Lipinski definition) is 6. The van der Waals surface area contributed by atoms with E-state index in [0.717, 1.165) is 56.0 Å². The number of anilines is 1. The Hall–Kier alpha value is -3.89. The zero-order valence-electron chi connectivity index (χ0n) is 24.5. The Morgan fingerprint density at radius 2 is 1.76 bits per heavy atom. The van der Waals surface area contributed by atoms with Crippen molar-refractivity contribution < 1.29 is 19.1 Å². The fourth-order valence-electron chi connectivity index (χ4n) is 5.93. The number of piperidine rings is 1. The summed E-state index contributed by atoms with van der Waals surface area (Å²) in [5.74, 6) is 2.00. The minimum atomic E-state index is -2.03. The first-order chi connectivity index (χ1) is 20.2. The van der Waals surface area contributed by atoms with E-state index in [9.17, 15) is 14.4 Å². The van der Waals surface area contributed by atoms with E-state index >= 15 is 0 Å². The van der Waals surface area contributed by atoms with Gasteiger partial charge in [0.25, 0.3) is 5.91 Å². The molecule has 1 aromatic heterocycles. The minimum Gasteiger partial charge on any atom is -0.457 e. The van der Waals surface area contributed by atoms with Crippen molar-refractivity contribution in [2.75, 3.05) is 25.0 Å². The van der Waals surface area contributed by atoms with Crippen LogP contribution in [-0.4, -0.2) is 59.2 Å². The molecule has 0 radical (unpaired) electrons. The van der Waals surface area contributed by atoms with Crippen LogP contribution in [0.1, 0.15) is 48.5 Å². The second kappa shape index (κ2) is 13.0. The maximum absolute atomic E-state index is 12.8. The van der Waals surface area contributed by atoms with Gasteiger partial charge in [0, 0.05) is 25.2 Å². The number of carbonyl (C=O) groups is 2. The number of rotatable bonds is 10. The number of nitrogens with two attached hydrogens (primary N) is 1. The molecule has 3 aromatic rings. The minimum absolute atomic E-state index is 0.0528. The van der Waals surface area contributed by atoms with Gasteiger partial charge < -0.3 is 25.5 Å². The van der Waals surface area contributed by atoms with Crippen LogP contribution in [0.25, 0.3) is 11.3 Å². The molecule has 1 atom stereocenters. The topological polar surface area (TPSA) is 123 Å². The van der Waals surface area contributed by atoms with Gasteiger partial charge in [0.2, 0.25) is 5.91 Å². The highest BCUT2D eigenvalue weighted by molar-refractivity contribution is 6.69. The molecular formula is C32H41N5O4Si. The maximum atomic E-state index is 12.8. The average molecular weight is 588 g/mol. The van der Waals surface area contributed by atoms with Crippen molar-refractivity contribution >= 4 is 25.9 Å². The Kier molecular flexibility index (Phi) is 9.13. The number of likely N-dealkylation sites (tertiary alicyclic amines) is 1. The molecule has 1 saturated heterocycles. The number of aromatic nitrogens is 2. The molecule has 5 rings (SSSR count). The van der Waals surface area contributed by atoms with Gasteiger partial charge in [-0.1, -0.05) is 30.7 Å². The predicted molar refractivity (Wildman–Crippen MR) is 167 cm³/mol. The van der Waals surface area contributed by atoms with Gasteiger partial charge in [0.05, 0.1) is 6.04 Å². The van der Waals surface area contributed by atoms with Crippen molar-refractivity contribution in [1.29, 1.82) is 0 Å². The third kappa shape index (κ3) is 7.11. The standard InChI is InChI=1S/C32H41N5O4Si/c1-42(2,40)22-8-4-7-11-28(38)36-20-17-23(18-21-36)27-16-19-34-32-29(31(33)39)30(35-37(27)32)24-12-14-26(15-13-24)41-25-9-5-3-6-10-25/h3,5-7,9-15,23,27,34,40H,4,8,16-22H2,1-2H3,(H2,33,39)/b11-7+. The van der Waals surface area contributed by atoms with Gasteiger partial charge in [-0.2, -0.15) is 5.10 Å². The van der Waals surface area contributed by atoms with E-state index in [1.54, 1.807) is 6.08 Å². The van der Waals surface area contributed by atoms with Gasteiger partial charge in [0.1, 0.15) is 28.6 Å². The number of nitrogens with one attached hydrogen (secondary N) is 1. The summed E-state index contributed by atoms with van der Waals surface area (Å²) < 4.78 is 7.88. The number of amides is 2. The summed E-state index contributed by atoms with van der Waals surface area (Å²) in [6.07, 6.45) is 7.98. The lowest BCUT2D eigenvalue weighted by molar-refractivity contribution is -0.127. The normalized spacial score (nSPS) is 17.6. The third-order valence-electron chi connectivity index (χ3n) is 8.13. The lowest BCUT2D eigenvalue weighted by atomic mass is 9.87. The first-order valence-electron chi connectivity index (χ1n) is 14.9. The molecule has 10 heteroatoms. The molecule has 1 fully saturated rings. The number of hydrogen-bond donors (Lipinski definition) is 3. The quantitative estimate of drug-likeness (QED) is 0.162. The molecule has 3 heterocycles. The Labute approximate surface area is 248 Å². The van der Waals surface area contributed by atoms with Crippen LogP contribution < -0.4 is 15.8 Å². The molecule has 2 aliphatic heterocycles. The van der Waals surface area contributed by atoms with Crippen molar-refractivity contribution in [3.8, 4) is 22.8 Å². The van der Waals surface area contributed by atoms with Gasteiger partial charge in [-0.15, -0.1) is 0 Å². The lowest BCUT2D eigenvalue weighted by Gasteiger charge is -2.38. The molecule has 0 spiro atoms. The first-order valence-corrected chi connectivity index (χ1v) is 18.0. The van der Waals surface area contributed by atoms with Crippen LogP contribution in [0.2, 0.25) is 19.1 Å². The second-order valence-corrected chi connectivity index (χ2v) is 16.0. The number of unbranched alkanes of at least 4 members (excludes halogenated alkanes) is 1. The van der Waals surface area contributed by atoms with Crippen molar-refractivity contribution in [2.45, 2.75) is 57.3 Å². The third-order valence-corrected chi connectivity index (χ3v) is 9.70. The summed E-state index contributed by atoms with van der Waals surface area (Å²) in [6, 6.07) is 18.1. The number of nitrogens with zero attached hydrogens (tertiary/aromatic N) is 3. The zero-order valence-corrected chi connectivity index (χ0v) is 25.5. The summed E-state index contributed by atoms with van der Waals surface area (Å²) in [6.45, 7) is 6.01. The van der Waals surface area contributed by atoms with E-state index in [-0.39, 0.29) is 11.9 Å². The molecule has 2 aromatic carbocycles. The van der Waals surface area contributed by atoms with Crippen LogP contribution in [0.4, 0.5) is 5.82 Å². The van der Waals surface area contributed by atoms with Gasteiger partial charge in [-0.05, 0) is 93.2 Å². The zero-order chi connectivity index (χ0) is 29.7. The van der Waals surface area contributed by atoms with E-state index < -0.39 is 14.2 Å². The van der Waals surface area contributed by atoms with Crippen LogP contribution in [-0.2, 0) is 4.79 Å². The van der Waals surface area contributed by atoms with Crippen LogP contribution in [0.3, 0.4) is 0 Å². The van der Waals surface area contributed by atoms with Crippen LogP contribution in [0.15, 0.2) is 66.7 Å². The molecule has 222 valence electrons. The van der Waals surface area contributed by atoms with E-state index in [4.69, 9.17) is 15.6 Å². The summed E-state index contributed by atoms with van der Waals surface area (Å²) in [5.41, 5.74) is 7.65. The van der Waals surface area contributed by atoms with Crippen LogP contribution >= 0.6 is 0 Å². The van der Waals surface area contributed by atoms with E-state index in [2.05, 4.69) is 5.32 Å². The highest BCUT2D eigenvalue weighted by Gasteiger charge is 2.35. The smallest absolute Gasteiger partial charge is 0.254 e. The fourth-order valence-corrected chi connectivity index (χ4v) is 7.00. The SMILES string of the molecule is C[Si](C)(O)CCC/C=C/C(=O)N1CCC(C2CCNc3c(C(N)=O)c(-c4ccc(Oc5ccccc5)cc4)nn32)CC1. The number of allylic oxidation sites excluding steroid dienone is 1. The summed E-state index contributed by atoms with van der Waals surface area (Å²) in [5, 5.41) is 8.32. The first kappa shape index (κ1) is 29.6. The lowest BCUT2D eigenvalue weighted by Crippen LogP contribution is -2.41. The molecule has 2 aliphatic rings. The molecule has 0 bridgehead atoms. The molecule has 0 aliphatic carbocycles. The summed E-state index contributed by atoms with van der Waals surface area (Å²) >= 11 is 0. The summed E-state index contributed by atoms with van der Waals surface area (Å²) in [7, 11) is -2.03. The second-order valence-electron chi connectivity index (χ2n) is 11.9. The van der Waals surface area contributed by atoms with Crippen LogP contribution in [0.5, 0.6) is 11.5 Å². The number of benzene rings is 2. The van der Waals surface area contributed by atoms with Gasteiger partial charge in [-0.3, -0.25) is 9.59 Å². The maximum Gasteiger partial charge on any atom is 0.254 e. The van der Waals surface area contributed by atoms with E-state index in [1.807, 2.05) is 83.3 Å². The number of carbonyl (C=O) groups excluding carboxylic acids is 2. The number of fused-ring (bicyclic) bond motifs is 1. The van der Waals surface area contributed by atoms with Crippen molar-refractivity contribution in [2.24, 2.45) is 11.7 Å². The van der Waals surface area contributed by atoms with Gasteiger partial charge in [0.15, 0.2) is 8.32 Å². The Balaban J connectivity index is 1.26. The highest BCUT2D eigenvalue weighted by atomic mass is 28.4. The largest absolute Gasteiger partial charge is 0.457 e. The predicted octanol–water partition coefficient (Wildman–Crippen LogP) is 5.57. The molecule has 1 unspecified atom stereocenters. The van der Waals surface area contributed by atoms with Gasteiger partial charge >= 0.3 is 0 Å². The number of ether oxygens (including phenoxy) is 1. The van der Waals surface area contributed by atoms with Crippen molar-refractivity contribution in [1.82, 2.24) is 14.7 Å². The number of primary amides is 1. The van der Waals surface area contributed by atoms with Crippen LogP contribution in [0, 0.1) is 5.92 Å².